The molecule has 0 heterocycles. The van der Waals surface area contributed by atoms with Gasteiger partial charge in [0.15, 0.2) is 0 Å². The third kappa shape index (κ3) is 9.98. The van der Waals surface area contributed by atoms with Crippen LogP contribution in [0.1, 0.15) is 64.7 Å². The highest BCUT2D eigenvalue weighted by Gasteiger charge is 2.39. The molecule has 7 nitrogen and oxygen atoms in total. The van der Waals surface area contributed by atoms with Crippen molar-refractivity contribution in [2.45, 2.75) is 83.0 Å². The summed E-state index contributed by atoms with van der Waals surface area (Å²) in [5.41, 5.74) is 0. The Hall–Kier alpha value is -1.54. The van der Waals surface area contributed by atoms with Crippen LogP contribution in [0.4, 0.5) is 0 Å². The Bertz CT molecular complexity index is 558. The Kier molecular flexibility index (Phi) is 13.5. The maximum absolute atomic E-state index is 12.2. The van der Waals surface area contributed by atoms with Gasteiger partial charge in [0, 0.05) is 24.7 Å². The van der Waals surface area contributed by atoms with E-state index >= 15 is 0 Å². The number of carbonyl (C=O) groups is 2. The lowest BCUT2D eigenvalue weighted by molar-refractivity contribution is -0.122. The van der Waals surface area contributed by atoms with Crippen LogP contribution in [0.2, 0.25) is 0 Å². The summed E-state index contributed by atoms with van der Waals surface area (Å²) < 4.78 is 0. The van der Waals surface area contributed by atoms with Gasteiger partial charge >= 0.3 is 0 Å². The quantitative estimate of drug-likeness (QED) is 0.200. The summed E-state index contributed by atoms with van der Waals surface area (Å²) in [6.07, 6.45) is 12.2. The standard InChI is InChI=1S/C23H39NO6/c1-2-3-6-9-18(27)12-13-20-19(21(28)14-22(20)29)10-7-4-5-8-11-23(30)24-17(15-25)16-26/h4,7,12-13,17-21,25-28H,2-3,5-6,8-11,14-16H2,1H3,(H,24,30)/b7-4-,13-12+/t18-,19+,20+,21-/m0/s1. The fourth-order valence-corrected chi connectivity index (χ4v) is 3.67. The van der Waals surface area contributed by atoms with E-state index in [-0.39, 0.29) is 43.2 Å². The highest BCUT2D eigenvalue weighted by molar-refractivity contribution is 5.86. The molecule has 0 bridgehead atoms. The molecule has 1 rings (SSSR count). The number of nitrogens with one attached hydrogen (secondary N) is 1. The van der Waals surface area contributed by atoms with Crippen molar-refractivity contribution in [3.8, 4) is 0 Å². The minimum atomic E-state index is -0.672. The lowest BCUT2D eigenvalue weighted by atomic mass is 9.90. The molecular formula is C23H39NO6. The van der Waals surface area contributed by atoms with Crippen molar-refractivity contribution in [3.63, 3.8) is 0 Å². The van der Waals surface area contributed by atoms with Gasteiger partial charge in [-0.05, 0) is 25.7 Å². The molecule has 7 heteroatoms. The van der Waals surface area contributed by atoms with Crippen LogP contribution in [-0.2, 0) is 9.59 Å². The van der Waals surface area contributed by atoms with Crippen LogP contribution < -0.4 is 5.32 Å². The lowest BCUT2D eigenvalue weighted by Crippen LogP contribution is -2.39. The maximum Gasteiger partial charge on any atom is 0.220 e. The van der Waals surface area contributed by atoms with Crippen molar-refractivity contribution in [2.75, 3.05) is 13.2 Å². The number of rotatable bonds is 15. The first-order chi connectivity index (χ1) is 14.4. The van der Waals surface area contributed by atoms with Crippen LogP contribution in [0.15, 0.2) is 24.3 Å². The first kappa shape index (κ1) is 26.5. The summed E-state index contributed by atoms with van der Waals surface area (Å²) in [5.74, 6) is -0.760. The average Bonchev–Trinajstić information content (AvgIpc) is 2.99. The van der Waals surface area contributed by atoms with Crippen LogP contribution in [0.5, 0.6) is 0 Å². The van der Waals surface area contributed by atoms with E-state index in [4.69, 9.17) is 10.2 Å². The number of allylic oxidation sites excluding steroid dienone is 3. The molecule has 0 aromatic carbocycles. The Balaban J connectivity index is 2.40. The first-order valence-corrected chi connectivity index (χ1v) is 11.2. The number of unbranched alkanes of at least 4 members (excludes halogenated alkanes) is 3. The Morgan fingerprint density at radius 1 is 1.20 bits per heavy atom. The van der Waals surface area contributed by atoms with E-state index in [1.165, 1.54) is 0 Å². The third-order valence-corrected chi connectivity index (χ3v) is 5.54. The maximum atomic E-state index is 12.2. The van der Waals surface area contributed by atoms with E-state index in [0.29, 0.717) is 32.1 Å². The van der Waals surface area contributed by atoms with E-state index < -0.39 is 18.2 Å². The van der Waals surface area contributed by atoms with E-state index in [1.807, 2.05) is 12.2 Å². The molecular weight excluding hydrogens is 386 g/mol. The van der Waals surface area contributed by atoms with Crippen molar-refractivity contribution in [3.05, 3.63) is 24.3 Å². The molecule has 1 amide bonds. The lowest BCUT2D eigenvalue weighted by Gasteiger charge is -2.17. The molecule has 0 radical (unpaired) electrons. The van der Waals surface area contributed by atoms with Gasteiger partial charge in [-0.1, -0.05) is 50.5 Å². The fraction of sp³-hybridized carbons (Fsp3) is 0.739. The molecule has 5 N–H and O–H groups in total. The van der Waals surface area contributed by atoms with Crippen molar-refractivity contribution in [1.82, 2.24) is 5.32 Å². The molecule has 0 saturated heterocycles. The summed E-state index contributed by atoms with van der Waals surface area (Å²) in [6, 6.07) is -0.621. The van der Waals surface area contributed by atoms with Crippen LogP contribution in [0, 0.1) is 11.8 Å². The van der Waals surface area contributed by atoms with Crippen molar-refractivity contribution in [1.29, 1.82) is 0 Å². The molecule has 0 aromatic rings. The highest BCUT2D eigenvalue weighted by Crippen LogP contribution is 2.33. The van der Waals surface area contributed by atoms with Crippen LogP contribution in [0.25, 0.3) is 0 Å². The van der Waals surface area contributed by atoms with Gasteiger partial charge in [-0.2, -0.15) is 0 Å². The van der Waals surface area contributed by atoms with Crippen molar-refractivity contribution < 1.29 is 30.0 Å². The van der Waals surface area contributed by atoms with Gasteiger partial charge in [0.2, 0.25) is 5.91 Å². The summed E-state index contributed by atoms with van der Waals surface area (Å²) in [6.45, 7) is 1.52. The van der Waals surface area contributed by atoms with E-state index in [1.54, 1.807) is 12.2 Å². The number of amides is 1. The minimum Gasteiger partial charge on any atom is -0.394 e. The number of hydrogen-bond acceptors (Lipinski definition) is 6. The Morgan fingerprint density at radius 2 is 1.93 bits per heavy atom. The molecule has 1 saturated carbocycles. The molecule has 30 heavy (non-hydrogen) atoms. The topological polar surface area (TPSA) is 127 Å². The summed E-state index contributed by atoms with van der Waals surface area (Å²) in [7, 11) is 0. The van der Waals surface area contributed by atoms with E-state index in [9.17, 15) is 19.8 Å². The van der Waals surface area contributed by atoms with Gasteiger partial charge in [0.25, 0.3) is 0 Å². The molecule has 1 aliphatic rings. The van der Waals surface area contributed by atoms with Crippen LogP contribution >= 0.6 is 0 Å². The number of ketones is 1. The average molecular weight is 426 g/mol. The molecule has 0 aliphatic heterocycles. The molecule has 1 aliphatic carbocycles. The number of aliphatic hydroxyl groups is 4. The second-order valence-corrected chi connectivity index (χ2v) is 8.10. The third-order valence-electron chi connectivity index (χ3n) is 5.54. The minimum absolute atomic E-state index is 0.0110. The summed E-state index contributed by atoms with van der Waals surface area (Å²) in [5, 5.41) is 40.7. The van der Waals surface area contributed by atoms with Crippen molar-refractivity contribution >= 4 is 11.7 Å². The largest absolute Gasteiger partial charge is 0.394 e. The molecule has 1 fully saturated rings. The smallest absolute Gasteiger partial charge is 0.220 e. The number of carbonyl (C=O) groups excluding carboxylic acids is 2. The van der Waals surface area contributed by atoms with Gasteiger partial charge in [-0.15, -0.1) is 0 Å². The highest BCUT2D eigenvalue weighted by atomic mass is 16.3. The summed E-state index contributed by atoms with van der Waals surface area (Å²) >= 11 is 0. The van der Waals surface area contributed by atoms with Crippen LogP contribution in [-0.4, -0.2) is 63.6 Å². The second-order valence-electron chi connectivity index (χ2n) is 8.10. The monoisotopic (exact) mass is 425 g/mol. The first-order valence-electron chi connectivity index (χ1n) is 11.2. The Morgan fingerprint density at radius 3 is 2.60 bits per heavy atom. The fourth-order valence-electron chi connectivity index (χ4n) is 3.67. The van der Waals surface area contributed by atoms with Gasteiger partial charge in [0.1, 0.15) is 5.78 Å². The second kappa shape index (κ2) is 15.3. The number of Topliss-reactive ketones (excluding diaryl/α,β-unsaturated/α-hetero) is 1. The molecule has 0 aromatic heterocycles. The van der Waals surface area contributed by atoms with Crippen LogP contribution in [0.3, 0.4) is 0 Å². The van der Waals surface area contributed by atoms with Gasteiger partial charge in [-0.3, -0.25) is 9.59 Å². The molecule has 0 spiro atoms. The van der Waals surface area contributed by atoms with Crippen molar-refractivity contribution in [2.24, 2.45) is 11.8 Å². The predicted octanol–water partition coefficient (Wildman–Crippen LogP) is 1.64. The zero-order valence-corrected chi connectivity index (χ0v) is 18.1. The predicted molar refractivity (Wildman–Crippen MR) is 116 cm³/mol. The molecule has 172 valence electrons. The zero-order valence-electron chi connectivity index (χ0n) is 18.1. The van der Waals surface area contributed by atoms with Gasteiger partial charge < -0.3 is 25.7 Å². The SMILES string of the molecule is CCCCC[C@H](O)/C=C/[C@H]1C(=O)C[C@H](O)[C@@H]1C/C=C\CCCC(=O)NC(CO)CO. The zero-order chi connectivity index (χ0) is 22.4. The number of hydrogen-bond donors (Lipinski definition) is 5. The Labute approximate surface area is 179 Å². The number of aliphatic hydroxyl groups excluding tert-OH is 4. The van der Waals surface area contributed by atoms with Gasteiger partial charge in [0.05, 0.1) is 31.5 Å². The van der Waals surface area contributed by atoms with E-state index in [2.05, 4.69) is 12.2 Å². The van der Waals surface area contributed by atoms with E-state index in [0.717, 1.165) is 19.3 Å². The molecule has 0 unspecified atom stereocenters. The summed E-state index contributed by atoms with van der Waals surface area (Å²) in [4.78, 5) is 23.9. The molecule has 4 atom stereocenters. The normalized spacial score (nSPS) is 23.1. The van der Waals surface area contributed by atoms with Gasteiger partial charge in [-0.25, -0.2) is 0 Å².